The number of imidazole rings is 1. The minimum Gasteiger partial charge on any atom is -0.339 e. The number of hydrogen-bond acceptors (Lipinski definition) is 3. The number of aromatic nitrogens is 3. The number of hydrogen-bond donors (Lipinski definition) is 2. The van der Waals surface area contributed by atoms with E-state index in [1.165, 1.54) is 0 Å². The smallest absolute Gasteiger partial charge is 0.157 e. The summed E-state index contributed by atoms with van der Waals surface area (Å²) in [5.74, 6) is 1.45. The van der Waals surface area contributed by atoms with Crippen molar-refractivity contribution in [2.45, 2.75) is 20.4 Å². The van der Waals surface area contributed by atoms with Gasteiger partial charge in [0.05, 0.1) is 6.20 Å². The number of aromatic amines is 1. The Morgan fingerprint density at radius 1 is 1.39 bits per heavy atom. The Balaban J connectivity index is 2.04. The highest BCUT2D eigenvalue weighted by atomic mass is 79.9. The van der Waals surface area contributed by atoms with Gasteiger partial charge >= 0.3 is 0 Å². The van der Waals surface area contributed by atoms with Crippen molar-refractivity contribution in [3.8, 4) is 11.5 Å². The van der Waals surface area contributed by atoms with E-state index in [9.17, 15) is 0 Å². The number of nitrogens with one attached hydrogen (secondary N) is 2. The van der Waals surface area contributed by atoms with Gasteiger partial charge < -0.3 is 10.3 Å². The Kier molecular flexibility index (Phi) is 4.49. The summed E-state index contributed by atoms with van der Waals surface area (Å²) >= 11 is 3.48. The molecule has 0 amide bonds. The summed E-state index contributed by atoms with van der Waals surface area (Å²) in [5.41, 5.74) is 1.91. The second-order valence-electron chi connectivity index (χ2n) is 4.62. The summed E-state index contributed by atoms with van der Waals surface area (Å²) in [7, 11) is 0. The van der Waals surface area contributed by atoms with Crippen LogP contribution in [0.5, 0.6) is 0 Å². The van der Waals surface area contributed by atoms with Gasteiger partial charge in [-0.15, -0.1) is 0 Å². The van der Waals surface area contributed by atoms with Gasteiger partial charge in [0.25, 0.3) is 0 Å². The molecule has 0 atom stereocenters. The molecule has 96 valence electrons. The van der Waals surface area contributed by atoms with Crippen molar-refractivity contribution < 1.29 is 0 Å². The molecule has 0 aliphatic heterocycles. The maximum Gasteiger partial charge on any atom is 0.157 e. The van der Waals surface area contributed by atoms with Crippen LogP contribution in [0.1, 0.15) is 19.5 Å². The van der Waals surface area contributed by atoms with Crippen LogP contribution in [0.25, 0.3) is 11.5 Å². The summed E-state index contributed by atoms with van der Waals surface area (Å²) < 4.78 is 0.945. The molecule has 2 N–H and O–H groups in total. The number of rotatable bonds is 5. The van der Waals surface area contributed by atoms with E-state index in [0.29, 0.717) is 5.92 Å². The van der Waals surface area contributed by atoms with E-state index in [2.05, 4.69) is 50.0 Å². The maximum atomic E-state index is 4.36. The maximum absolute atomic E-state index is 4.36. The number of pyridine rings is 1. The van der Waals surface area contributed by atoms with Crippen LogP contribution in [0.4, 0.5) is 0 Å². The molecule has 0 saturated heterocycles. The predicted octanol–water partition coefficient (Wildman–Crippen LogP) is 2.98. The van der Waals surface area contributed by atoms with Gasteiger partial charge in [-0.05, 0) is 40.5 Å². The normalized spacial score (nSPS) is 11.1. The fraction of sp³-hybridized carbons (Fsp3) is 0.385. The molecule has 0 unspecified atom stereocenters. The lowest BCUT2D eigenvalue weighted by Crippen LogP contribution is -2.19. The van der Waals surface area contributed by atoms with Gasteiger partial charge in [0.2, 0.25) is 0 Å². The number of nitrogens with zero attached hydrogens (tertiary/aromatic N) is 2. The second kappa shape index (κ2) is 6.11. The molecule has 5 heteroatoms. The molecule has 0 spiro atoms. The third kappa shape index (κ3) is 3.40. The predicted molar refractivity (Wildman–Crippen MR) is 76.1 cm³/mol. The number of halogens is 1. The van der Waals surface area contributed by atoms with Crippen molar-refractivity contribution in [3.63, 3.8) is 0 Å². The molecular formula is C13H17BrN4. The first-order chi connectivity index (χ1) is 8.66. The van der Waals surface area contributed by atoms with Crippen molar-refractivity contribution in [2.75, 3.05) is 6.54 Å². The van der Waals surface area contributed by atoms with Crippen LogP contribution < -0.4 is 5.32 Å². The lowest BCUT2D eigenvalue weighted by atomic mass is 10.2. The van der Waals surface area contributed by atoms with E-state index < -0.39 is 0 Å². The zero-order chi connectivity index (χ0) is 13.0. The fourth-order valence-corrected chi connectivity index (χ4v) is 2.07. The average Bonchev–Trinajstić information content (AvgIpc) is 2.78. The van der Waals surface area contributed by atoms with Gasteiger partial charge in [-0.3, -0.25) is 4.98 Å². The molecular weight excluding hydrogens is 292 g/mol. The van der Waals surface area contributed by atoms with Crippen molar-refractivity contribution in [2.24, 2.45) is 5.92 Å². The van der Waals surface area contributed by atoms with Gasteiger partial charge in [-0.2, -0.15) is 0 Å². The summed E-state index contributed by atoms with van der Waals surface area (Å²) in [6.45, 7) is 6.18. The van der Waals surface area contributed by atoms with Crippen LogP contribution in [0, 0.1) is 5.92 Å². The molecule has 0 fully saturated rings. The zero-order valence-corrected chi connectivity index (χ0v) is 12.2. The molecule has 0 bridgehead atoms. The van der Waals surface area contributed by atoms with Gasteiger partial charge in [0, 0.05) is 22.9 Å². The van der Waals surface area contributed by atoms with Crippen LogP contribution in [0.15, 0.2) is 29.0 Å². The molecule has 2 aromatic heterocycles. The first kappa shape index (κ1) is 13.2. The largest absolute Gasteiger partial charge is 0.339 e. The Hall–Kier alpha value is -1.20. The van der Waals surface area contributed by atoms with E-state index in [1.807, 2.05) is 18.3 Å². The lowest BCUT2D eigenvalue weighted by molar-refractivity contribution is 0.549. The minimum absolute atomic E-state index is 0.650. The van der Waals surface area contributed by atoms with Crippen LogP contribution >= 0.6 is 15.9 Å². The summed E-state index contributed by atoms with van der Waals surface area (Å²) in [6.07, 6.45) is 3.61. The summed E-state index contributed by atoms with van der Waals surface area (Å²) in [4.78, 5) is 11.9. The second-order valence-corrected chi connectivity index (χ2v) is 5.47. The Labute approximate surface area is 115 Å². The molecule has 0 aromatic carbocycles. The molecule has 2 heterocycles. The third-order valence-corrected chi connectivity index (χ3v) is 3.12. The molecule has 0 radical (unpaired) electrons. The van der Waals surface area contributed by atoms with Gasteiger partial charge in [-0.1, -0.05) is 13.8 Å². The van der Waals surface area contributed by atoms with E-state index in [0.717, 1.165) is 34.8 Å². The quantitative estimate of drug-likeness (QED) is 0.893. The summed E-state index contributed by atoms with van der Waals surface area (Å²) in [6, 6.07) is 3.85. The van der Waals surface area contributed by atoms with Gasteiger partial charge in [0.15, 0.2) is 5.82 Å². The lowest BCUT2D eigenvalue weighted by Gasteiger charge is -2.05. The average molecular weight is 309 g/mol. The highest BCUT2D eigenvalue weighted by molar-refractivity contribution is 9.10. The Bertz CT molecular complexity index is 507. The van der Waals surface area contributed by atoms with Crippen LogP contribution in [0.2, 0.25) is 0 Å². The van der Waals surface area contributed by atoms with Crippen LogP contribution in [-0.2, 0) is 6.54 Å². The Morgan fingerprint density at radius 3 is 2.94 bits per heavy atom. The van der Waals surface area contributed by atoms with E-state index in [4.69, 9.17) is 0 Å². The zero-order valence-electron chi connectivity index (χ0n) is 10.6. The molecule has 18 heavy (non-hydrogen) atoms. The van der Waals surface area contributed by atoms with E-state index in [1.54, 1.807) is 6.20 Å². The van der Waals surface area contributed by atoms with E-state index in [-0.39, 0.29) is 0 Å². The first-order valence-electron chi connectivity index (χ1n) is 6.02. The molecule has 2 aromatic rings. The van der Waals surface area contributed by atoms with Crippen molar-refractivity contribution in [1.82, 2.24) is 20.3 Å². The number of H-pyrrole nitrogens is 1. The molecule has 0 aliphatic rings. The van der Waals surface area contributed by atoms with Gasteiger partial charge in [0.1, 0.15) is 5.69 Å². The standard InChI is InChI=1S/C13H17BrN4/c1-9(2)6-15-7-10-8-17-13(18-10)12-11(14)4-3-5-16-12/h3-5,8-9,15H,6-7H2,1-2H3,(H,17,18). The van der Waals surface area contributed by atoms with E-state index >= 15 is 0 Å². The van der Waals surface area contributed by atoms with Crippen LogP contribution in [0.3, 0.4) is 0 Å². The van der Waals surface area contributed by atoms with Crippen molar-refractivity contribution >= 4 is 15.9 Å². The van der Waals surface area contributed by atoms with Gasteiger partial charge in [-0.25, -0.2) is 4.98 Å². The highest BCUT2D eigenvalue weighted by Gasteiger charge is 2.08. The fourth-order valence-electron chi connectivity index (χ4n) is 1.62. The van der Waals surface area contributed by atoms with Crippen LogP contribution in [-0.4, -0.2) is 21.5 Å². The molecule has 4 nitrogen and oxygen atoms in total. The molecule has 2 rings (SSSR count). The molecule has 0 aliphatic carbocycles. The van der Waals surface area contributed by atoms with Crippen molar-refractivity contribution in [1.29, 1.82) is 0 Å². The molecule has 0 saturated carbocycles. The minimum atomic E-state index is 0.650. The topological polar surface area (TPSA) is 53.6 Å². The third-order valence-electron chi connectivity index (χ3n) is 2.48. The Morgan fingerprint density at radius 2 is 2.22 bits per heavy atom. The highest BCUT2D eigenvalue weighted by Crippen LogP contribution is 2.22. The summed E-state index contributed by atoms with van der Waals surface area (Å²) in [5, 5.41) is 3.38. The first-order valence-corrected chi connectivity index (χ1v) is 6.81. The monoisotopic (exact) mass is 308 g/mol. The van der Waals surface area contributed by atoms with Crippen molar-refractivity contribution in [3.05, 3.63) is 34.7 Å². The SMILES string of the molecule is CC(C)CNCc1cnc(-c2ncccc2Br)[nH]1.